The average Bonchev–Trinajstić information content (AvgIpc) is 2.78. The van der Waals surface area contributed by atoms with Crippen molar-refractivity contribution in [2.24, 2.45) is 0 Å². The molecule has 29 heavy (non-hydrogen) atoms. The van der Waals surface area contributed by atoms with Crippen LogP contribution < -0.4 is 15.4 Å². The second kappa shape index (κ2) is 8.48. The van der Waals surface area contributed by atoms with Crippen LogP contribution in [0.2, 0.25) is 0 Å². The van der Waals surface area contributed by atoms with E-state index in [1.807, 2.05) is 54.6 Å². The van der Waals surface area contributed by atoms with Gasteiger partial charge in [0.1, 0.15) is 5.75 Å². The van der Waals surface area contributed by atoms with Gasteiger partial charge in [-0.3, -0.25) is 4.79 Å². The molecule has 4 nitrogen and oxygen atoms in total. The van der Waals surface area contributed by atoms with Crippen molar-refractivity contribution in [2.45, 2.75) is 6.54 Å². The van der Waals surface area contributed by atoms with E-state index in [2.05, 4.69) is 41.0 Å². The van der Waals surface area contributed by atoms with E-state index >= 15 is 0 Å². The molecule has 1 amide bonds. The summed E-state index contributed by atoms with van der Waals surface area (Å²) >= 11 is 0. The van der Waals surface area contributed by atoms with Crippen molar-refractivity contribution in [3.8, 4) is 5.75 Å². The average molecular weight is 382 g/mol. The van der Waals surface area contributed by atoms with E-state index in [0.29, 0.717) is 17.9 Å². The monoisotopic (exact) mass is 382 g/mol. The van der Waals surface area contributed by atoms with Gasteiger partial charge in [0.2, 0.25) is 0 Å². The number of fused-ring (bicyclic) bond motifs is 1. The SMILES string of the molecule is COc1ccc(C(=O)Nc2ccccc2)cc1NCc1cccc2ccccc12. The predicted molar refractivity (Wildman–Crippen MR) is 119 cm³/mol. The minimum Gasteiger partial charge on any atom is -0.495 e. The minimum absolute atomic E-state index is 0.160. The van der Waals surface area contributed by atoms with Gasteiger partial charge in [-0.1, -0.05) is 60.7 Å². The Morgan fingerprint density at radius 3 is 2.45 bits per heavy atom. The molecule has 0 aliphatic carbocycles. The quantitative estimate of drug-likeness (QED) is 0.449. The van der Waals surface area contributed by atoms with E-state index in [0.717, 1.165) is 11.4 Å². The highest BCUT2D eigenvalue weighted by Gasteiger charge is 2.11. The Labute approximate surface area is 170 Å². The number of para-hydroxylation sites is 1. The molecular weight excluding hydrogens is 360 g/mol. The van der Waals surface area contributed by atoms with Crippen molar-refractivity contribution in [1.82, 2.24) is 0 Å². The van der Waals surface area contributed by atoms with Crippen molar-refractivity contribution in [1.29, 1.82) is 0 Å². The Hall–Kier alpha value is -3.79. The molecule has 4 heteroatoms. The lowest BCUT2D eigenvalue weighted by Crippen LogP contribution is -2.12. The maximum Gasteiger partial charge on any atom is 0.255 e. The smallest absolute Gasteiger partial charge is 0.255 e. The third kappa shape index (κ3) is 4.22. The van der Waals surface area contributed by atoms with E-state index in [4.69, 9.17) is 4.74 Å². The summed E-state index contributed by atoms with van der Waals surface area (Å²) in [5.74, 6) is 0.536. The van der Waals surface area contributed by atoms with Crippen LogP contribution in [-0.2, 0) is 6.54 Å². The van der Waals surface area contributed by atoms with Crippen molar-refractivity contribution < 1.29 is 9.53 Å². The fraction of sp³-hybridized carbons (Fsp3) is 0.0800. The highest BCUT2D eigenvalue weighted by atomic mass is 16.5. The van der Waals surface area contributed by atoms with Crippen LogP contribution in [0.4, 0.5) is 11.4 Å². The third-order valence-electron chi connectivity index (χ3n) is 4.84. The molecule has 0 radical (unpaired) electrons. The molecule has 0 fully saturated rings. The van der Waals surface area contributed by atoms with Crippen molar-refractivity contribution in [3.05, 3.63) is 102 Å². The number of methoxy groups -OCH3 is 1. The summed E-state index contributed by atoms with van der Waals surface area (Å²) in [6.07, 6.45) is 0. The van der Waals surface area contributed by atoms with Gasteiger partial charge < -0.3 is 15.4 Å². The zero-order valence-electron chi connectivity index (χ0n) is 16.2. The molecule has 4 rings (SSSR count). The van der Waals surface area contributed by atoms with Crippen LogP contribution in [0.1, 0.15) is 15.9 Å². The lowest BCUT2D eigenvalue weighted by atomic mass is 10.0. The number of carbonyl (C=O) groups is 1. The number of carbonyl (C=O) groups excluding carboxylic acids is 1. The molecule has 0 aromatic heterocycles. The number of rotatable bonds is 6. The number of hydrogen-bond acceptors (Lipinski definition) is 3. The second-order valence-corrected chi connectivity index (χ2v) is 6.73. The number of anilines is 2. The van der Waals surface area contributed by atoms with Gasteiger partial charge in [-0.15, -0.1) is 0 Å². The van der Waals surface area contributed by atoms with Crippen LogP contribution in [0, 0.1) is 0 Å². The normalized spacial score (nSPS) is 10.5. The Kier molecular flexibility index (Phi) is 5.43. The Morgan fingerprint density at radius 1 is 0.862 bits per heavy atom. The maximum atomic E-state index is 12.6. The summed E-state index contributed by atoms with van der Waals surface area (Å²) in [6.45, 7) is 0.626. The van der Waals surface area contributed by atoms with E-state index < -0.39 is 0 Å². The van der Waals surface area contributed by atoms with Crippen LogP contribution in [0.15, 0.2) is 91.0 Å². The Balaban J connectivity index is 1.56. The molecule has 2 N–H and O–H groups in total. The van der Waals surface area contributed by atoms with E-state index in [1.165, 1.54) is 16.3 Å². The molecule has 0 unspecified atom stereocenters. The Morgan fingerprint density at radius 2 is 1.62 bits per heavy atom. The summed E-state index contributed by atoms with van der Waals surface area (Å²) < 4.78 is 5.48. The molecular formula is C25H22N2O2. The first kappa shape index (κ1) is 18.6. The van der Waals surface area contributed by atoms with Crippen molar-refractivity contribution in [3.63, 3.8) is 0 Å². The molecule has 144 valence electrons. The molecule has 0 spiro atoms. The van der Waals surface area contributed by atoms with Crippen LogP contribution in [0.5, 0.6) is 5.75 Å². The van der Waals surface area contributed by atoms with Gasteiger partial charge in [0.05, 0.1) is 12.8 Å². The van der Waals surface area contributed by atoms with Gasteiger partial charge in [-0.25, -0.2) is 0 Å². The molecule has 4 aromatic carbocycles. The van der Waals surface area contributed by atoms with Crippen LogP contribution >= 0.6 is 0 Å². The van der Waals surface area contributed by atoms with Crippen molar-refractivity contribution in [2.75, 3.05) is 17.7 Å². The van der Waals surface area contributed by atoms with E-state index in [-0.39, 0.29) is 5.91 Å². The Bertz CT molecular complexity index is 1130. The predicted octanol–water partition coefficient (Wildman–Crippen LogP) is 5.71. The van der Waals surface area contributed by atoms with Crippen LogP contribution in [0.25, 0.3) is 10.8 Å². The standard InChI is InChI=1S/C25H22N2O2/c1-29-24-15-14-19(25(28)27-21-11-3-2-4-12-21)16-23(24)26-17-20-10-7-9-18-8-5-6-13-22(18)20/h2-16,26H,17H2,1H3,(H,27,28). The first-order valence-electron chi connectivity index (χ1n) is 9.49. The molecule has 4 aromatic rings. The molecule has 0 atom stereocenters. The maximum absolute atomic E-state index is 12.6. The van der Waals surface area contributed by atoms with Crippen LogP contribution in [0.3, 0.4) is 0 Å². The van der Waals surface area contributed by atoms with E-state index in [1.54, 1.807) is 13.2 Å². The van der Waals surface area contributed by atoms with Gasteiger partial charge in [0, 0.05) is 17.8 Å². The summed E-state index contributed by atoms with van der Waals surface area (Å²) in [5.41, 5.74) is 3.29. The van der Waals surface area contributed by atoms with E-state index in [9.17, 15) is 4.79 Å². The fourth-order valence-electron chi connectivity index (χ4n) is 3.35. The van der Waals surface area contributed by atoms with Crippen LogP contribution in [-0.4, -0.2) is 13.0 Å². The first-order chi connectivity index (χ1) is 14.2. The zero-order chi connectivity index (χ0) is 20.1. The highest BCUT2D eigenvalue weighted by Crippen LogP contribution is 2.27. The lowest BCUT2D eigenvalue weighted by Gasteiger charge is -2.14. The summed E-state index contributed by atoms with van der Waals surface area (Å²) in [7, 11) is 1.63. The molecule has 0 saturated heterocycles. The fourth-order valence-corrected chi connectivity index (χ4v) is 3.35. The minimum atomic E-state index is -0.160. The number of benzene rings is 4. The second-order valence-electron chi connectivity index (χ2n) is 6.73. The van der Waals surface area contributed by atoms with Gasteiger partial charge in [-0.05, 0) is 46.7 Å². The molecule has 0 saturated carbocycles. The largest absolute Gasteiger partial charge is 0.495 e. The number of ether oxygens (including phenoxy) is 1. The van der Waals surface area contributed by atoms with Gasteiger partial charge in [0.25, 0.3) is 5.91 Å². The highest BCUT2D eigenvalue weighted by molar-refractivity contribution is 6.05. The molecule has 0 aliphatic rings. The summed E-state index contributed by atoms with van der Waals surface area (Å²) in [6, 6.07) is 29.4. The number of amides is 1. The third-order valence-corrected chi connectivity index (χ3v) is 4.84. The topological polar surface area (TPSA) is 50.4 Å². The van der Waals surface area contributed by atoms with Gasteiger partial charge in [-0.2, -0.15) is 0 Å². The zero-order valence-corrected chi connectivity index (χ0v) is 16.2. The summed E-state index contributed by atoms with van der Waals surface area (Å²) in [5, 5.41) is 8.75. The van der Waals surface area contributed by atoms with Gasteiger partial charge >= 0.3 is 0 Å². The number of nitrogens with one attached hydrogen (secondary N) is 2. The van der Waals surface area contributed by atoms with Gasteiger partial charge in [0.15, 0.2) is 0 Å². The molecule has 0 bridgehead atoms. The molecule has 0 heterocycles. The number of hydrogen-bond donors (Lipinski definition) is 2. The molecule has 0 aliphatic heterocycles. The van der Waals surface area contributed by atoms with Crippen molar-refractivity contribution >= 4 is 28.1 Å². The summed E-state index contributed by atoms with van der Waals surface area (Å²) in [4.78, 5) is 12.6. The lowest BCUT2D eigenvalue weighted by molar-refractivity contribution is 0.102. The first-order valence-corrected chi connectivity index (χ1v) is 9.49.